The third kappa shape index (κ3) is 4.19. The van der Waals surface area contributed by atoms with Gasteiger partial charge in [0, 0.05) is 58.0 Å². The van der Waals surface area contributed by atoms with Gasteiger partial charge < -0.3 is 24.4 Å². The number of ether oxygens (including phenoxy) is 3. The Morgan fingerprint density at radius 3 is 2.58 bits per heavy atom. The number of carbonyl (C=O) groups excluding carboxylic acids is 3. The van der Waals surface area contributed by atoms with Crippen molar-refractivity contribution in [3.63, 3.8) is 0 Å². The molecule has 4 rings (SSSR count). The number of hydrogen-bond donors (Lipinski definition) is 1. The molecule has 0 saturated carbocycles. The van der Waals surface area contributed by atoms with E-state index in [9.17, 15) is 14.4 Å². The molecule has 9 heteroatoms. The van der Waals surface area contributed by atoms with E-state index >= 15 is 0 Å². The summed E-state index contributed by atoms with van der Waals surface area (Å²) in [5.41, 5.74) is 0.217. The summed E-state index contributed by atoms with van der Waals surface area (Å²) >= 11 is 0. The van der Waals surface area contributed by atoms with Crippen LogP contribution in [-0.2, 0) is 20.7 Å². The largest absolute Gasteiger partial charge is 0.493 e. The maximum atomic E-state index is 12.9. The minimum atomic E-state index is -0.828. The van der Waals surface area contributed by atoms with Crippen LogP contribution in [0.4, 0.5) is 4.79 Å². The van der Waals surface area contributed by atoms with Gasteiger partial charge in [-0.2, -0.15) is 0 Å². The smallest absolute Gasteiger partial charge is 0.325 e. The van der Waals surface area contributed by atoms with E-state index in [1.54, 1.807) is 14.2 Å². The van der Waals surface area contributed by atoms with Crippen LogP contribution in [0, 0.1) is 5.92 Å². The highest BCUT2D eigenvalue weighted by Gasteiger charge is 2.52. The Morgan fingerprint density at radius 2 is 1.87 bits per heavy atom. The summed E-state index contributed by atoms with van der Waals surface area (Å²) in [5.74, 6) is 1.14. The SMILES string of the molecule is COc1ccc(CCN2CC(CN3C(=O)NC4(CCOCC4)C3=O)CC2=O)cc1OC. The molecule has 1 spiro atoms. The van der Waals surface area contributed by atoms with Crippen molar-refractivity contribution in [2.24, 2.45) is 5.92 Å². The van der Waals surface area contributed by atoms with Gasteiger partial charge in [0.25, 0.3) is 5.91 Å². The number of hydrogen-bond acceptors (Lipinski definition) is 6. The number of nitrogens with zero attached hydrogens (tertiary/aromatic N) is 2. The van der Waals surface area contributed by atoms with Crippen molar-refractivity contribution in [1.29, 1.82) is 0 Å². The van der Waals surface area contributed by atoms with Gasteiger partial charge in [0.05, 0.1) is 14.2 Å². The fraction of sp³-hybridized carbons (Fsp3) is 0.591. The Balaban J connectivity index is 1.33. The van der Waals surface area contributed by atoms with Gasteiger partial charge in [-0.25, -0.2) is 4.79 Å². The zero-order chi connectivity index (χ0) is 22.0. The number of benzene rings is 1. The van der Waals surface area contributed by atoms with Crippen molar-refractivity contribution in [3.8, 4) is 11.5 Å². The molecule has 31 heavy (non-hydrogen) atoms. The molecule has 0 aromatic heterocycles. The van der Waals surface area contributed by atoms with Crippen LogP contribution >= 0.6 is 0 Å². The maximum absolute atomic E-state index is 12.9. The summed E-state index contributed by atoms with van der Waals surface area (Å²) in [6.45, 7) is 2.31. The summed E-state index contributed by atoms with van der Waals surface area (Å²) in [6, 6.07) is 5.37. The Bertz CT molecular complexity index is 867. The van der Waals surface area contributed by atoms with Crippen LogP contribution in [0.1, 0.15) is 24.8 Å². The standard InChI is InChI=1S/C22H29N3O6/c1-29-17-4-3-15(11-18(17)30-2)5-8-24-13-16(12-19(24)26)14-25-20(27)22(23-21(25)28)6-9-31-10-7-22/h3-4,11,16H,5-10,12-14H2,1-2H3,(H,23,28). The Labute approximate surface area is 181 Å². The van der Waals surface area contributed by atoms with Gasteiger partial charge in [-0.15, -0.1) is 0 Å². The molecule has 4 amide bonds. The molecule has 1 aromatic rings. The fourth-order valence-corrected chi connectivity index (χ4v) is 4.65. The van der Waals surface area contributed by atoms with Crippen molar-refractivity contribution in [2.75, 3.05) is 47.1 Å². The number of methoxy groups -OCH3 is 2. The van der Waals surface area contributed by atoms with Crippen LogP contribution < -0.4 is 14.8 Å². The molecule has 9 nitrogen and oxygen atoms in total. The lowest BCUT2D eigenvalue weighted by Gasteiger charge is -2.30. The highest BCUT2D eigenvalue weighted by molar-refractivity contribution is 6.07. The van der Waals surface area contributed by atoms with Gasteiger partial charge in [0.15, 0.2) is 11.5 Å². The molecule has 0 bridgehead atoms. The first kappa shape index (κ1) is 21.4. The highest BCUT2D eigenvalue weighted by Crippen LogP contribution is 2.31. The summed E-state index contributed by atoms with van der Waals surface area (Å²) in [6.07, 6.45) is 2.02. The van der Waals surface area contributed by atoms with Gasteiger partial charge in [-0.3, -0.25) is 14.5 Å². The molecule has 0 aliphatic carbocycles. The minimum Gasteiger partial charge on any atom is -0.493 e. The first-order valence-corrected chi connectivity index (χ1v) is 10.7. The molecule has 3 aliphatic heterocycles. The average Bonchev–Trinajstić information content (AvgIpc) is 3.24. The second-order valence-corrected chi connectivity index (χ2v) is 8.39. The Kier molecular flexibility index (Phi) is 6.04. The molecule has 1 aromatic carbocycles. The van der Waals surface area contributed by atoms with E-state index in [1.165, 1.54) is 4.90 Å². The van der Waals surface area contributed by atoms with Gasteiger partial charge in [-0.1, -0.05) is 6.07 Å². The Morgan fingerprint density at radius 1 is 1.13 bits per heavy atom. The predicted molar refractivity (Wildman–Crippen MR) is 111 cm³/mol. The van der Waals surface area contributed by atoms with E-state index in [-0.39, 0.29) is 30.3 Å². The minimum absolute atomic E-state index is 0.0532. The lowest BCUT2D eigenvalue weighted by molar-refractivity contribution is -0.135. The summed E-state index contributed by atoms with van der Waals surface area (Å²) in [7, 11) is 3.19. The molecule has 3 heterocycles. The topological polar surface area (TPSA) is 97.4 Å². The second kappa shape index (κ2) is 8.74. The molecule has 1 unspecified atom stereocenters. The highest BCUT2D eigenvalue weighted by atomic mass is 16.5. The van der Waals surface area contributed by atoms with Crippen LogP contribution in [0.2, 0.25) is 0 Å². The fourth-order valence-electron chi connectivity index (χ4n) is 4.65. The lowest BCUT2D eigenvalue weighted by Crippen LogP contribution is -2.51. The number of rotatable bonds is 7. The lowest BCUT2D eigenvalue weighted by atomic mass is 9.90. The van der Waals surface area contributed by atoms with E-state index < -0.39 is 5.54 Å². The van der Waals surface area contributed by atoms with E-state index in [0.717, 1.165) is 5.56 Å². The van der Waals surface area contributed by atoms with Crippen LogP contribution in [-0.4, -0.2) is 80.3 Å². The molecule has 168 valence electrons. The number of amides is 4. The number of nitrogens with one attached hydrogen (secondary N) is 1. The van der Waals surface area contributed by atoms with Crippen molar-refractivity contribution in [3.05, 3.63) is 23.8 Å². The third-order valence-corrected chi connectivity index (χ3v) is 6.45. The normalized spacial score (nSPS) is 22.9. The van der Waals surface area contributed by atoms with Crippen molar-refractivity contribution in [1.82, 2.24) is 15.1 Å². The molecule has 3 saturated heterocycles. The zero-order valence-corrected chi connectivity index (χ0v) is 18.0. The van der Waals surface area contributed by atoms with Gasteiger partial charge in [0.2, 0.25) is 5.91 Å². The van der Waals surface area contributed by atoms with Crippen LogP contribution in [0.25, 0.3) is 0 Å². The van der Waals surface area contributed by atoms with E-state index in [0.29, 0.717) is 63.5 Å². The quantitative estimate of drug-likeness (QED) is 0.652. The molecular weight excluding hydrogens is 402 g/mol. The molecule has 3 fully saturated rings. The number of carbonyl (C=O) groups is 3. The van der Waals surface area contributed by atoms with Gasteiger partial charge >= 0.3 is 6.03 Å². The summed E-state index contributed by atoms with van der Waals surface area (Å²) < 4.78 is 15.9. The van der Waals surface area contributed by atoms with E-state index in [2.05, 4.69) is 5.32 Å². The summed E-state index contributed by atoms with van der Waals surface area (Å²) in [5, 5.41) is 2.87. The van der Waals surface area contributed by atoms with E-state index in [4.69, 9.17) is 14.2 Å². The molecular formula is C22H29N3O6. The molecule has 1 N–H and O–H groups in total. The van der Waals surface area contributed by atoms with Gasteiger partial charge in [0.1, 0.15) is 5.54 Å². The zero-order valence-electron chi connectivity index (χ0n) is 18.0. The van der Waals surface area contributed by atoms with Crippen molar-refractivity contribution < 1.29 is 28.6 Å². The Hall–Kier alpha value is -2.81. The third-order valence-electron chi connectivity index (χ3n) is 6.45. The monoisotopic (exact) mass is 431 g/mol. The van der Waals surface area contributed by atoms with Crippen LogP contribution in [0.5, 0.6) is 11.5 Å². The number of likely N-dealkylation sites (tertiary alicyclic amines) is 1. The van der Waals surface area contributed by atoms with Crippen molar-refractivity contribution >= 4 is 17.8 Å². The van der Waals surface area contributed by atoms with Crippen LogP contribution in [0.3, 0.4) is 0 Å². The predicted octanol–water partition coefficient (Wildman–Crippen LogP) is 1.20. The number of imide groups is 1. The van der Waals surface area contributed by atoms with E-state index in [1.807, 2.05) is 23.1 Å². The number of urea groups is 1. The second-order valence-electron chi connectivity index (χ2n) is 8.39. The van der Waals surface area contributed by atoms with Crippen LogP contribution in [0.15, 0.2) is 18.2 Å². The maximum Gasteiger partial charge on any atom is 0.325 e. The first-order valence-electron chi connectivity index (χ1n) is 10.7. The average molecular weight is 431 g/mol. The molecule has 1 atom stereocenters. The molecule has 0 radical (unpaired) electrons. The van der Waals surface area contributed by atoms with Crippen molar-refractivity contribution in [2.45, 2.75) is 31.2 Å². The first-order chi connectivity index (χ1) is 15.0. The molecule has 3 aliphatic rings. The van der Waals surface area contributed by atoms with Gasteiger partial charge in [-0.05, 0) is 24.1 Å². The summed E-state index contributed by atoms with van der Waals surface area (Å²) in [4.78, 5) is 41.0.